The molecule has 2 rings (SSSR count). The van der Waals surface area contributed by atoms with Crippen LogP contribution in [-0.4, -0.2) is 65.8 Å². The number of nitrogens with zero attached hydrogens (tertiary/aromatic N) is 2. The number of carboxylic acid groups (broad SMARTS) is 1. The quantitative estimate of drug-likeness (QED) is 0.772. The van der Waals surface area contributed by atoms with Crippen LogP contribution < -0.4 is 0 Å². The Balaban J connectivity index is 1.93. The van der Waals surface area contributed by atoms with Gasteiger partial charge in [-0.05, 0) is 25.2 Å². The monoisotopic (exact) mass is 270 g/mol. The first-order chi connectivity index (χ1) is 9.08. The molecule has 108 valence electrons. The highest BCUT2D eigenvalue weighted by molar-refractivity contribution is 5.77. The second-order valence-electron chi connectivity index (χ2n) is 5.45. The summed E-state index contributed by atoms with van der Waals surface area (Å²) in [5.74, 6) is -0.337. The van der Waals surface area contributed by atoms with Crippen molar-refractivity contribution in [2.24, 2.45) is 5.92 Å². The highest BCUT2D eigenvalue weighted by Gasteiger charge is 2.31. The molecule has 2 amide bonds. The summed E-state index contributed by atoms with van der Waals surface area (Å²) in [6, 6.07) is -0.0383. The van der Waals surface area contributed by atoms with Crippen molar-refractivity contribution in [2.75, 3.05) is 32.8 Å². The number of urea groups is 1. The number of carboxylic acids is 1. The Kier molecular flexibility index (Phi) is 4.63. The van der Waals surface area contributed by atoms with E-state index in [1.807, 2.05) is 4.90 Å². The van der Waals surface area contributed by atoms with Crippen LogP contribution in [0.25, 0.3) is 0 Å². The zero-order valence-electron chi connectivity index (χ0n) is 11.4. The molecule has 0 spiro atoms. The summed E-state index contributed by atoms with van der Waals surface area (Å²) in [7, 11) is 0. The molecule has 2 atom stereocenters. The van der Waals surface area contributed by atoms with Crippen LogP contribution in [0.5, 0.6) is 0 Å². The van der Waals surface area contributed by atoms with Crippen LogP contribution in [0.4, 0.5) is 4.79 Å². The molecule has 1 N–H and O–H groups in total. The van der Waals surface area contributed by atoms with E-state index in [4.69, 9.17) is 9.84 Å². The normalized spacial score (nSPS) is 28.9. The third-order valence-electron chi connectivity index (χ3n) is 3.90. The van der Waals surface area contributed by atoms with Gasteiger partial charge in [0.1, 0.15) is 0 Å². The number of morpholine rings is 1. The molecule has 6 heteroatoms. The Bertz CT molecular complexity index is 348. The molecule has 0 aromatic heterocycles. The van der Waals surface area contributed by atoms with Gasteiger partial charge in [-0.2, -0.15) is 0 Å². The zero-order valence-corrected chi connectivity index (χ0v) is 11.4. The summed E-state index contributed by atoms with van der Waals surface area (Å²) in [6.07, 6.45) is 2.33. The molecule has 0 aromatic rings. The summed E-state index contributed by atoms with van der Waals surface area (Å²) in [4.78, 5) is 26.8. The second-order valence-corrected chi connectivity index (χ2v) is 5.45. The number of ether oxygens (including phenoxy) is 1. The summed E-state index contributed by atoms with van der Waals surface area (Å²) in [5.41, 5.74) is 0. The van der Waals surface area contributed by atoms with Crippen molar-refractivity contribution >= 4 is 12.0 Å². The van der Waals surface area contributed by atoms with Gasteiger partial charge in [0, 0.05) is 19.6 Å². The summed E-state index contributed by atoms with van der Waals surface area (Å²) >= 11 is 0. The molecule has 2 unspecified atom stereocenters. The number of hydrogen-bond donors (Lipinski definition) is 1. The predicted molar refractivity (Wildman–Crippen MR) is 68.9 cm³/mol. The molecule has 19 heavy (non-hydrogen) atoms. The average Bonchev–Trinajstić information content (AvgIpc) is 2.63. The van der Waals surface area contributed by atoms with Gasteiger partial charge in [0.2, 0.25) is 0 Å². The number of likely N-dealkylation sites (tertiary alicyclic amines) is 1. The lowest BCUT2D eigenvalue weighted by atomic mass is 10.0. The van der Waals surface area contributed by atoms with Gasteiger partial charge in [0.15, 0.2) is 6.10 Å². The maximum absolute atomic E-state index is 12.4. The Morgan fingerprint density at radius 1 is 1.16 bits per heavy atom. The van der Waals surface area contributed by atoms with E-state index < -0.39 is 12.1 Å². The molecule has 0 aliphatic carbocycles. The maximum Gasteiger partial charge on any atom is 0.334 e. The van der Waals surface area contributed by atoms with Crippen molar-refractivity contribution in [3.05, 3.63) is 0 Å². The zero-order chi connectivity index (χ0) is 13.8. The Morgan fingerprint density at radius 2 is 1.95 bits per heavy atom. The molecule has 2 aliphatic heterocycles. The molecule has 6 nitrogen and oxygen atoms in total. The van der Waals surface area contributed by atoms with Gasteiger partial charge in [0.25, 0.3) is 0 Å². The number of carbonyl (C=O) groups is 2. The van der Waals surface area contributed by atoms with Crippen LogP contribution in [-0.2, 0) is 9.53 Å². The van der Waals surface area contributed by atoms with E-state index in [1.54, 1.807) is 4.90 Å². The lowest BCUT2D eigenvalue weighted by Gasteiger charge is -2.34. The number of aliphatic carboxylic acids is 1. The number of hydrogen-bond acceptors (Lipinski definition) is 3. The predicted octanol–water partition coefficient (Wildman–Crippen LogP) is 1.01. The number of carbonyl (C=O) groups excluding carboxylic acids is 1. The first-order valence-corrected chi connectivity index (χ1v) is 6.96. The van der Waals surface area contributed by atoms with Gasteiger partial charge < -0.3 is 19.6 Å². The van der Waals surface area contributed by atoms with Crippen LogP contribution >= 0.6 is 0 Å². The first kappa shape index (κ1) is 14.1. The van der Waals surface area contributed by atoms with Gasteiger partial charge in [-0.15, -0.1) is 0 Å². The van der Waals surface area contributed by atoms with E-state index in [2.05, 4.69) is 6.92 Å². The summed E-state index contributed by atoms with van der Waals surface area (Å²) in [5, 5.41) is 8.95. The van der Waals surface area contributed by atoms with Crippen molar-refractivity contribution in [3.8, 4) is 0 Å². The molecule has 0 saturated carbocycles. The largest absolute Gasteiger partial charge is 0.479 e. The van der Waals surface area contributed by atoms with E-state index in [0.717, 1.165) is 32.4 Å². The summed E-state index contributed by atoms with van der Waals surface area (Å²) in [6.45, 7) is 4.69. The minimum atomic E-state index is -0.998. The van der Waals surface area contributed by atoms with Crippen LogP contribution in [0.1, 0.15) is 26.2 Å². The minimum Gasteiger partial charge on any atom is -0.479 e. The lowest BCUT2D eigenvalue weighted by molar-refractivity contribution is -0.154. The van der Waals surface area contributed by atoms with E-state index in [9.17, 15) is 9.59 Å². The molecule has 2 fully saturated rings. The van der Waals surface area contributed by atoms with Crippen LogP contribution in [0.15, 0.2) is 0 Å². The third-order valence-corrected chi connectivity index (χ3v) is 3.90. The summed E-state index contributed by atoms with van der Waals surface area (Å²) < 4.78 is 5.14. The molecular formula is C13H22N2O4. The molecule has 0 aromatic carbocycles. The molecule has 2 heterocycles. The SMILES string of the molecule is CC1CCCN(C(=O)N2CCOC(C(=O)O)C2)CC1. The highest BCUT2D eigenvalue weighted by atomic mass is 16.5. The second kappa shape index (κ2) is 6.23. The van der Waals surface area contributed by atoms with Gasteiger partial charge in [-0.1, -0.05) is 6.92 Å². The van der Waals surface area contributed by atoms with E-state index in [1.165, 1.54) is 0 Å². The van der Waals surface area contributed by atoms with Crippen LogP contribution in [0.3, 0.4) is 0 Å². The molecule has 2 saturated heterocycles. The number of amides is 2. The standard InChI is InChI=1S/C13H22N2O4/c1-10-3-2-5-14(6-4-10)13(18)15-7-8-19-11(9-15)12(16)17/h10-11H,2-9H2,1H3,(H,16,17). The van der Waals surface area contributed by atoms with Gasteiger partial charge in [-0.3, -0.25) is 0 Å². The fraction of sp³-hybridized carbons (Fsp3) is 0.846. The van der Waals surface area contributed by atoms with E-state index in [-0.39, 0.29) is 12.6 Å². The minimum absolute atomic E-state index is 0.0383. The van der Waals surface area contributed by atoms with Crippen molar-refractivity contribution in [1.29, 1.82) is 0 Å². The van der Waals surface area contributed by atoms with Crippen molar-refractivity contribution < 1.29 is 19.4 Å². The lowest BCUT2D eigenvalue weighted by Crippen LogP contribution is -2.53. The maximum atomic E-state index is 12.4. The third kappa shape index (κ3) is 3.59. The highest BCUT2D eigenvalue weighted by Crippen LogP contribution is 2.18. The smallest absolute Gasteiger partial charge is 0.334 e. The molecule has 0 radical (unpaired) electrons. The first-order valence-electron chi connectivity index (χ1n) is 6.96. The van der Waals surface area contributed by atoms with Gasteiger partial charge >= 0.3 is 12.0 Å². The van der Waals surface area contributed by atoms with Crippen molar-refractivity contribution in [3.63, 3.8) is 0 Å². The van der Waals surface area contributed by atoms with Gasteiger partial charge in [0.05, 0.1) is 13.2 Å². The van der Waals surface area contributed by atoms with E-state index >= 15 is 0 Å². The fourth-order valence-electron chi connectivity index (χ4n) is 2.63. The van der Waals surface area contributed by atoms with Crippen molar-refractivity contribution in [2.45, 2.75) is 32.3 Å². The molecular weight excluding hydrogens is 248 g/mol. The fourth-order valence-corrected chi connectivity index (χ4v) is 2.63. The van der Waals surface area contributed by atoms with E-state index in [0.29, 0.717) is 19.1 Å². The van der Waals surface area contributed by atoms with Crippen LogP contribution in [0.2, 0.25) is 0 Å². The Hall–Kier alpha value is -1.30. The topological polar surface area (TPSA) is 70.1 Å². The average molecular weight is 270 g/mol. The Labute approximate surface area is 113 Å². The van der Waals surface area contributed by atoms with Crippen molar-refractivity contribution in [1.82, 2.24) is 9.80 Å². The number of rotatable bonds is 1. The van der Waals surface area contributed by atoms with Crippen LogP contribution in [0, 0.1) is 5.92 Å². The Morgan fingerprint density at radius 3 is 2.68 bits per heavy atom. The molecule has 0 bridgehead atoms. The molecule has 2 aliphatic rings. The van der Waals surface area contributed by atoms with Gasteiger partial charge in [-0.25, -0.2) is 9.59 Å².